The Hall–Kier alpha value is -1.33. The molecule has 5 nitrogen and oxygen atoms in total. The van der Waals surface area contributed by atoms with Gasteiger partial charge in [-0.05, 0) is 33.0 Å². The van der Waals surface area contributed by atoms with Crippen molar-refractivity contribution in [1.29, 1.82) is 0 Å². The fraction of sp³-hybridized carbons (Fsp3) is 0.667. The van der Waals surface area contributed by atoms with Crippen molar-refractivity contribution >= 4 is 5.97 Å². The lowest BCUT2D eigenvalue weighted by molar-refractivity contribution is 0.0661. The summed E-state index contributed by atoms with van der Waals surface area (Å²) in [6.45, 7) is 9.85. The topological polar surface area (TPSA) is 56.9 Å². The highest BCUT2D eigenvalue weighted by atomic mass is 16.4. The molecule has 0 bridgehead atoms. The Morgan fingerprint density at radius 2 is 2.00 bits per heavy atom. The van der Waals surface area contributed by atoms with Gasteiger partial charge >= 0.3 is 5.97 Å². The van der Waals surface area contributed by atoms with Crippen LogP contribution in [0.25, 0.3) is 0 Å². The Morgan fingerprint density at radius 3 is 2.45 bits per heavy atom. The summed E-state index contributed by atoms with van der Waals surface area (Å²) in [5.41, 5.74) is 0.960. The standard InChI is InChI=1S/C15H26N2O3/c1-11(2)9-17(7-6-16(4)5)10-13-8-14(15(18)19)20-12(13)3/h8,11H,6-7,9-10H2,1-5H3,(H,18,19). The van der Waals surface area contributed by atoms with Crippen molar-refractivity contribution in [1.82, 2.24) is 9.80 Å². The van der Waals surface area contributed by atoms with Gasteiger partial charge in [0.1, 0.15) is 5.76 Å². The molecule has 1 N–H and O–H groups in total. The van der Waals surface area contributed by atoms with Crippen molar-refractivity contribution in [2.75, 3.05) is 33.7 Å². The zero-order chi connectivity index (χ0) is 15.3. The SMILES string of the molecule is Cc1oc(C(=O)O)cc1CN(CCN(C)C)CC(C)C. The van der Waals surface area contributed by atoms with E-state index in [1.54, 1.807) is 6.07 Å². The van der Waals surface area contributed by atoms with Crippen molar-refractivity contribution in [2.45, 2.75) is 27.3 Å². The molecule has 0 radical (unpaired) electrons. The molecular formula is C15H26N2O3. The molecule has 0 unspecified atom stereocenters. The third-order valence-corrected chi connectivity index (χ3v) is 3.11. The maximum absolute atomic E-state index is 10.9. The lowest BCUT2D eigenvalue weighted by Gasteiger charge is -2.25. The lowest BCUT2D eigenvalue weighted by Crippen LogP contribution is -2.34. The van der Waals surface area contributed by atoms with Crippen molar-refractivity contribution in [3.05, 3.63) is 23.2 Å². The van der Waals surface area contributed by atoms with Gasteiger partial charge in [0.15, 0.2) is 0 Å². The fourth-order valence-electron chi connectivity index (χ4n) is 2.12. The van der Waals surface area contributed by atoms with Gasteiger partial charge in [0, 0.05) is 31.7 Å². The van der Waals surface area contributed by atoms with Crippen LogP contribution in [0, 0.1) is 12.8 Å². The Bertz CT molecular complexity index is 438. The number of carboxylic acids is 1. The maximum atomic E-state index is 10.9. The third kappa shape index (κ3) is 5.35. The normalized spacial score (nSPS) is 11.8. The molecule has 1 aromatic heterocycles. The van der Waals surface area contributed by atoms with E-state index in [0.717, 1.165) is 31.7 Å². The van der Waals surface area contributed by atoms with Gasteiger partial charge in [-0.1, -0.05) is 13.8 Å². The minimum absolute atomic E-state index is 0.0228. The van der Waals surface area contributed by atoms with Crippen LogP contribution >= 0.6 is 0 Å². The van der Waals surface area contributed by atoms with Crippen LogP contribution in [0.4, 0.5) is 0 Å². The van der Waals surface area contributed by atoms with E-state index in [9.17, 15) is 4.79 Å². The van der Waals surface area contributed by atoms with Crippen LogP contribution in [0.5, 0.6) is 0 Å². The van der Waals surface area contributed by atoms with E-state index in [1.807, 2.05) is 6.92 Å². The van der Waals surface area contributed by atoms with Crippen molar-refractivity contribution in [3.63, 3.8) is 0 Å². The highest BCUT2D eigenvalue weighted by Crippen LogP contribution is 2.17. The summed E-state index contributed by atoms with van der Waals surface area (Å²) in [4.78, 5) is 15.4. The Kier molecular flexibility index (Phi) is 6.23. The Balaban J connectivity index is 2.74. The van der Waals surface area contributed by atoms with Gasteiger partial charge < -0.3 is 14.4 Å². The van der Waals surface area contributed by atoms with Gasteiger partial charge in [-0.3, -0.25) is 4.90 Å². The molecule has 0 amide bonds. The van der Waals surface area contributed by atoms with E-state index < -0.39 is 5.97 Å². The monoisotopic (exact) mass is 282 g/mol. The minimum atomic E-state index is -1.01. The van der Waals surface area contributed by atoms with Crippen LogP contribution in [0.3, 0.4) is 0 Å². The van der Waals surface area contributed by atoms with Gasteiger partial charge in [-0.15, -0.1) is 0 Å². The molecule has 5 heteroatoms. The van der Waals surface area contributed by atoms with Gasteiger partial charge in [-0.25, -0.2) is 4.79 Å². The minimum Gasteiger partial charge on any atom is -0.475 e. The number of aromatic carboxylic acids is 1. The summed E-state index contributed by atoms with van der Waals surface area (Å²) < 4.78 is 5.27. The highest BCUT2D eigenvalue weighted by Gasteiger charge is 2.16. The van der Waals surface area contributed by atoms with E-state index >= 15 is 0 Å². The van der Waals surface area contributed by atoms with E-state index in [2.05, 4.69) is 37.7 Å². The summed E-state index contributed by atoms with van der Waals surface area (Å²) in [5.74, 6) is 0.280. The number of carboxylic acid groups (broad SMARTS) is 1. The quantitative estimate of drug-likeness (QED) is 0.793. The van der Waals surface area contributed by atoms with Gasteiger partial charge in [0.05, 0.1) is 0 Å². The molecule has 0 fully saturated rings. The first-order valence-corrected chi connectivity index (χ1v) is 6.99. The Labute approximate surface area is 121 Å². The van der Waals surface area contributed by atoms with Crippen molar-refractivity contribution in [3.8, 4) is 0 Å². The molecule has 1 aromatic rings. The molecule has 114 valence electrons. The van der Waals surface area contributed by atoms with Crippen LogP contribution in [0.2, 0.25) is 0 Å². The highest BCUT2D eigenvalue weighted by molar-refractivity contribution is 5.84. The van der Waals surface area contributed by atoms with Crippen LogP contribution in [-0.4, -0.2) is 54.6 Å². The first-order chi connectivity index (χ1) is 9.29. The van der Waals surface area contributed by atoms with E-state index in [0.29, 0.717) is 11.7 Å². The number of nitrogens with zero attached hydrogens (tertiary/aromatic N) is 2. The van der Waals surface area contributed by atoms with Gasteiger partial charge in [0.25, 0.3) is 0 Å². The van der Waals surface area contributed by atoms with Gasteiger partial charge in [0.2, 0.25) is 5.76 Å². The van der Waals surface area contributed by atoms with Crippen LogP contribution < -0.4 is 0 Å². The smallest absolute Gasteiger partial charge is 0.371 e. The van der Waals surface area contributed by atoms with E-state index in [-0.39, 0.29) is 5.76 Å². The summed E-state index contributed by atoms with van der Waals surface area (Å²) in [5, 5.41) is 8.96. The number of likely N-dealkylation sites (N-methyl/N-ethyl adjacent to an activating group) is 1. The molecule has 0 saturated heterocycles. The molecule has 0 aliphatic heterocycles. The van der Waals surface area contributed by atoms with Gasteiger partial charge in [-0.2, -0.15) is 0 Å². The number of furan rings is 1. The number of aryl methyl sites for hydroxylation is 1. The average Bonchev–Trinajstić information content (AvgIpc) is 2.67. The van der Waals surface area contributed by atoms with E-state index in [1.165, 1.54) is 0 Å². The van der Waals surface area contributed by atoms with Crippen LogP contribution in [0.15, 0.2) is 10.5 Å². The van der Waals surface area contributed by atoms with Crippen LogP contribution in [0.1, 0.15) is 35.7 Å². The molecule has 0 spiro atoms. The predicted molar refractivity (Wildman–Crippen MR) is 79.1 cm³/mol. The molecule has 1 heterocycles. The number of hydrogen-bond donors (Lipinski definition) is 1. The second-order valence-corrected chi connectivity index (χ2v) is 5.93. The first-order valence-electron chi connectivity index (χ1n) is 6.99. The zero-order valence-corrected chi connectivity index (χ0v) is 13.1. The molecule has 1 rings (SSSR count). The third-order valence-electron chi connectivity index (χ3n) is 3.11. The van der Waals surface area contributed by atoms with Crippen LogP contribution in [-0.2, 0) is 6.54 Å². The maximum Gasteiger partial charge on any atom is 0.371 e. The largest absolute Gasteiger partial charge is 0.475 e. The van der Waals surface area contributed by atoms with Crippen molar-refractivity contribution < 1.29 is 14.3 Å². The summed E-state index contributed by atoms with van der Waals surface area (Å²) >= 11 is 0. The van der Waals surface area contributed by atoms with Crippen molar-refractivity contribution in [2.24, 2.45) is 5.92 Å². The summed E-state index contributed by atoms with van der Waals surface area (Å²) in [6.07, 6.45) is 0. The number of hydrogen-bond acceptors (Lipinski definition) is 4. The number of carbonyl (C=O) groups is 1. The number of rotatable bonds is 8. The second-order valence-electron chi connectivity index (χ2n) is 5.93. The average molecular weight is 282 g/mol. The lowest BCUT2D eigenvalue weighted by atomic mass is 10.1. The molecule has 0 atom stereocenters. The van der Waals surface area contributed by atoms with E-state index in [4.69, 9.17) is 9.52 Å². The molecule has 0 aliphatic rings. The first kappa shape index (κ1) is 16.7. The molecule has 0 saturated carbocycles. The molecular weight excluding hydrogens is 256 g/mol. The summed E-state index contributed by atoms with van der Waals surface area (Å²) in [6, 6.07) is 1.64. The predicted octanol–water partition coefficient (Wildman–Crippen LogP) is 2.31. The summed E-state index contributed by atoms with van der Waals surface area (Å²) in [7, 11) is 4.11. The molecule has 0 aliphatic carbocycles. The zero-order valence-electron chi connectivity index (χ0n) is 13.1. The fourth-order valence-corrected chi connectivity index (χ4v) is 2.12. The molecule has 0 aromatic carbocycles. The second kappa shape index (κ2) is 7.45. The molecule has 20 heavy (non-hydrogen) atoms. The Morgan fingerprint density at radius 1 is 1.35 bits per heavy atom.